The van der Waals surface area contributed by atoms with Gasteiger partial charge in [-0.25, -0.2) is 0 Å². The van der Waals surface area contributed by atoms with Gasteiger partial charge in [0.25, 0.3) is 0 Å². The minimum atomic E-state index is -0.0894. The average molecular weight is 838 g/mol. The average Bonchev–Trinajstić information content (AvgIpc) is 3.85. The molecule has 65 heavy (non-hydrogen) atoms. The van der Waals surface area contributed by atoms with Gasteiger partial charge in [0.2, 0.25) is 0 Å². The van der Waals surface area contributed by atoms with Crippen LogP contribution in [-0.4, -0.2) is 0 Å². The van der Waals surface area contributed by atoms with Crippen molar-refractivity contribution in [2.24, 2.45) is 23.7 Å². The largest absolute Gasteiger partial charge is 0.310 e. The minimum Gasteiger partial charge on any atom is -0.310 e. The summed E-state index contributed by atoms with van der Waals surface area (Å²) >= 11 is 0. The van der Waals surface area contributed by atoms with E-state index in [1.807, 2.05) is 0 Å². The summed E-state index contributed by atoms with van der Waals surface area (Å²) in [6, 6.07) is 68.0. The molecule has 1 nitrogen and oxygen atoms in total. The summed E-state index contributed by atoms with van der Waals surface area (Å²) in [4.78, 5) is 2.59. The highest BCUT2D eigenvalue weighted by atomic mass is 15.1. The zero-order valence-electron chi connectivity index (χ0n) is 38.0. The number of fused-ring (bicyclic) bond motifs is 9. The molecule has 8 aromatic carbocycles. The molecule has 0 N–H and O–H groups in total. The van der Waals surface area contributed by atoms with Crippen molar-refractivity contribution in [2.45, 2.75) is 76.0 Å². The molecule has 4 bridgehead atoms. The maximum Gasteiger partial charge on any atom is 0.0540 e. The Hall–Kier alpha value is -6.44. The van der Waals surface area contributed by atoms with Gasteiger partial charge < -0.3 is 4.90 Å². The lowest BCUT2D eigenvalue weighted by Gasteiger charge is -2.61. The molecule has 4 saturated carbocycles. The monoisotopic (exact) mass is 837 g/mol. The number of anilines is 3. The highest BCUT2D eigenvalue weighted by Crippen LogP contribution is 2.70. The van der Waals surface area contributed by atoms with Crippen LogP contribution >= 0.6 is 0 Å². The molecule has 15 rings (SSSR count). The first-order valence-electron chi connectivity index (χ1n) is 24.4. The van der Waals surface area contributed by atoms with Crippen molar-refractivity contribution in [1.29, 1.82) is 0 Å². The highest BCUT2D eigenvalue weighted by Gasteiger charge is 2.61. The third kappa shape index (κ3) is 5.05. The quantitative estimate of drug-likeness (QED) is 0.167. The molecule has 0 saturated heterocycles. The Morgan fingerprint density at radius 2 is 0.846 bits per heavy atom. The highest BCUT2D eigenvalue weighted by molar-refractivity contribution is 5.94. The van der Waals surface area contributed by atoms with Crippen molar-refractivity contribution in [3.63, 3.8) is 0 Å². The summed E-state index contributed by atoms with van der Waals surface area (Å²) in [6.45, 7) is 9.59. The molecule has 0 heterocycles. The second-order valence-corrected chi connectivity index (χ2v) is 21.7. The van der Waals surface area contributed by atoms with Crippen molar-refractivity contribution >= 4 is 17.1 Å². The van der Waals surface area contributed by atoms with E-state index < -0.39 is 0 Å². The Morgan fingerprint density at radius 1 is 0.354 bits per heavy atom. The van der Waals surface area contributed by atoms with Gasteiger partial charge in [-0.3, -0.25) is 0 Å². The van der Waals surface area contributed by atoms with Crippen molar-refractivity contribution in [2.75, 3.05) is 4.90 Å². The summed E-state index contributed by atoms with van der Waals surface area (Å²) in [5.74, 6) is 3.22. The van der Waals surface area contributed by atoms with E-state index >= 15 is 0 Å². The van der Waals surface area contributed by atoms with E-state index in [4.69, 9.17) is 0 Å². The third-order valence-electron chi connectivity index (χ3n) is 17.9. The molecule has 7 aliphatic carbocycles. The van der Waals surface area contributed by atoms with Crippen LogP contribution in [-0.2, 0) is 16.2 Å². The molecule has 0 radical (unpaired) electrons. The van der Waals surface area contributed by atoms with Crippen molar-refractivity contribution < 1.29 is 0 Å². The second-order valence-electron chi connectivity index (χ2n) is 21.7. The second kappa shape index (κ2) is 13.3. The van der Waals surface area contributed by atoms with Crippen LogP contribution in [0.1, 0.15) is 93.2 Å². The standard InChI is InChI=1S/C64H55N/c1-62(2)55-20-9-5-15-49(55)52-30-26-42(37-58(52)62)47-14-8-12-23-60(47)65(45-27-24-41(25-28-45)48-18-13-19-54-51-17-6-10-21-56(51)63(3,4)61(48)54)46-29-31-53-50-16-7-11-22-57(50)64(59(53)38-46)43-33-39-32-40(35-43)36-44(64)34-39/h5-31,37-40,43-44H,32-36H2,1-4H3. The SMILES string of the molecule is CC1(C)c2ccccc2-c2ccc(-c3ccccc3N(c3ccc(-c4cccc5c4C(C)(C)c4ccccc4-5)cc3)c3ccc4c(c3)C3(c5ccccc5-4)C4CC5CC(C4)CC3C5)cc21. The molecule has 8 aromatic rings. The molecule has 1 spiro atoms. The molecule has 0 atom stereocenters. The van der Waals surface area contributed by atoms with E-state index in [9.17, 15) is 0 Å². The summed E-state index contributed by atoms with van der Waals surface area (Å²) in [6.07, 6.45) is 6.97. The van der Waals surface area contributed by atoms with Crippen LogP contribution in [0.15, 0.2) is 176 Å². The predicted octanol–water partition coefficient (Wildman–Crippen LogP) is 16.8. The zero-order valence-corrected chi connectivity index (χ0v) is 38.0. The molecule has 0 aliphatic heterocycles. The number of hydrogen-bond acceptors (Lipinski definition) is 1. The van der Waals surface area contributed by atoms with Crippen molar-refractivity contribution in [3.8, 4) is 55.6 Å². The first-order chi connectivity index (χ1) is 31.7. The lowest BCUT2D eigenvalue weighted by Crippen LogP contribution is -2.55. The molecule has 1 heteroatoms. The molecule has 0 aromatic heterocycles. The van der Waals surface area contributed by atoms with Crippen LogP contribution in [0.25, 0.3) is 55.6 Å². The van der Waals surface area contributed by atoms with E-state index in [1.165, 1.54) is 127 Å². The summed E-state index contributed by atoms with van der Waals surface area (Å²) < 4.78 is 0. The lowest BCUT2D eigenvalue weighted by molar-refractivity contribution is -0.0399. The molecule has 4 fully saturated rings. The smallest absolute Gasteiger partial charge is 0.0540 e. The Balaban J connectivity index is 0.952. The molecular formula is C64H55N. The van der Waals surface area contributed by atoms with Gasteiger partial charge >= 0.3 is 0 Å². The Bertz CT molecular complexity index is 3260. The zero-order chi connectivity index (χ0) is 43.4. The topological polar surface area (TPSA) is 3.24 Å². The summed E-state index contributed by atoms with van der Waals surface area (Å²) in [5.41, 5.74) is 25.9. The number of hydrogen-bond donors (Lipinski definition) is 0. The van der Waals surface area contributed by atoms with Gasteiger partial charge in [-0.15, -0.1) is 0 Å². The number of para-hydroxylation sites is 1. The van der Waals surface area contributed by atoms with Crippen LogP contribution in [0.2, 0.25) is 0 Å². The van der Waals surface area contributed by atoms with Gasteiger partial charge in [-0.05, 0) is 176 Å². The molecule has 316 valence electrons. The van der Waals surface area contributed by atoms with Gasteiger partial charge in [0, 0.05) is 33.2 Å². The Labute approximate surface area is 384 Å². The molecule has 0 unspecified atom stereocenters. The van der Waals surface area contributed by atoms with Crippen molar-refractivity contribution in [3.05, 3.63) is 209 Å². The van der Waals surface area contributed by atoms with E-state index in [0.717, 1.165) is 11.8 Å². The summed E-state index contributed by atoms with van der Waals surface area (Å²) in [5, 5.41) is 0. The first-order valence-corrected chi connectivity index (χ1v) is 24.4. The predicted molar refractivity (Wildman–Crippen MR) is 270 cm³/mol. The maximum atomic E-state index is 2.66. The maximum absolute atomic E-state index is 2.66. The fourth-order valence-corrected chi connectivity index (χ4v) is 15.4. The number of rotatable bonds is 5. The van der Waals surface area contributed by atoms with Crippen molar-refractivity contribution in [1.82, 2.24) is 0 Å². The van der Waals surface area contributed by atoms with Crippen LogP contribution in [0.5, 0.6) is 0 Å². The normalized spacial score (nSPS) is 23.7. The fraction of sp³-hybridized carbons (Fsp3) is 0.250. The van der Waals surface area contributed by atoms with Gasteiger partial charge in [-0.2, -0.15) is 0 Å². The van der Waals surface area contributed by atoms with Gasteiger partial charge in [-0.1, -0.05) is 167 Å². The van der Waals surface area contributed by atoms with Crippen LogP contribution in [0.4, 0.5) is 17.1 Å². The molecule has 0 amide bonds. The van der Waals surface area contributed by atoms with Crippen LogP contribution in [0.3, 0.4) is 0 Å². The van der Waals surface area contributed by atoms with E-state index in [2.05, 4.69) is 209 Å². The third-order valence-corrected chi connectivity index (χ3v) is 17.9. The Kier molecular flexibility index (Phi) is 7.77. The first kappa shape index (κ1) is 37.9. The number of benzene rings is 8. The van der Waals surface area contributed by atoms with Gasteiger partial charge in [0.1, 0.15) is 0 Å². The van der Waals surface area contributed by atoms with Crippen LogP contribution in [0, 0.1) is 23.7 Å². The van der Waals surface area contributed by atoms with Crippen LogP contribution < -0.4 is 4.90 Å². The fourth-order valence-electron chi connectivity index (χ4n) is 15.4. The van der Waals surface area contributed by atoms with E-state index in [-0.39, 0.29) is 16.2 Å². The number of nitrogens with zero attached hydrogens (tertiary/aromatic N) is 1. The molecule has 7 aliphatic rings. The minimum absolute atomic E-state index is 0.0814. The van der Waals surface area contributed by atoms with Gasteiger partial charge in [0.15, 0.2) is 0 Å². The van der Waals surface area contributed by atoms with Gasteiger partial charge in [0.05, 0.1) is 5.69 Å². The van der Waals surface area contributed by atoms with E-state index in [0.29, 0.717) is 11.8 Å². The lowest BCUT2D eigenvalue weighted by atomic mass is 9.43. The Morgan fingerprint density at radius 3 is 1.55 bits per heavy atom. The molecular weight excluding hydrogens is 783 g/mol. The summed E-state index contributed by atoms with van der Waals surface area (Å²) in [7, 11) is 0. The van der Waals surface area contributed by atoms with E-state index in [1.54, 1.807) is 11.1 Å².